The van der Waals surface area contributed by atoms with E-state index in [1.165, 1.54) is 7.11 Å². The predicted molar refractivity (Wildman–Crippen MR) is 100 cm³/mol. The molecular weight excluding hydrogens is 360 g/mol. The van der Waals surface area contributed by atoms with Crippen molar-refractivity contribution in [3.05, 3.63) is 52.4 Å². The summed E-state index contributed by atoms with van der Waals surface area (Å²) in [5.41, 5.74) is 2.74. The van der Waals surface area contributed by atoms with Crippen LogP contribution in [0.3, 0.4) is 0 Å². The Balaban J connectivity index is 1.97. The van der Waals surface area contributed by atoms with Gasteiger partial charge in [-0.1, -0.05) is 12.1 Å². The Morgan fingerprint density at radius 1 is 1.14 bits per heavy atom. The molecule has 0 bridgehead atoms. The van der Waals surface area contributed by atoms with Crippen molar-refractivity contribution in [1.29, 1.82) is 0 Å². The minimum Gasteiger partial charge on any atom is -0.497 e. The van der Waals surface area contributed by atoms with E-state index in [0.29, 0.717) is 43.0 Å². The number of esters is 1. The van der Waals surface area contributed by atoms with E-state index in [1.807, 2.05) is 17.0 Å². The summed E-state index contributed by atoms with van der Waals surface area (Å²) < 4.78 is 10.3. The predicted octanol–water partition coefficient (Wildman–Crippen LogP) is 1.66. The molecule has 0 saturated carbocycles. The third-order valence-electron chi connectivity index (χ3n) is 5.55. The van der Waals surface area contributed by atoms with Crippen LogP contribution < -0.4 is 10.1 Å². The summed E-state index contributed by atoms with van der Waals surface area (Å²) in [7, 11) is 2.87. The number of methoxy groups -OCH3 is 2. The summed E-state index contributed by atoms with van der Waals surface area (Å²) in [6.07, 6.45) is 1.89. The molecule has 0 spiro atoms. The van der Waals surface area contributed by atoms with Gasteiger partial charge in [-0.2, -0.15) is 0 Å². The zero-order valence-electron chi connectivity index (χ0n) is 15.9. The van der Waals surface area contributed by atoms with Crippen molar-refractivity contribution in [3.8, 4) is 5.75 Å². The normalized spacial score (nSPS) is 21.8. The largest absolute Gasteiger partial charge is 0.497 e. The SMILES string of the molecule is COC(=O)C1=C2C(=O)NCCN2C2=C(C(=O)CCC2)C1c1ccc(OC)cc1. The second-order valence-electron chi connectivity index (χ2n) is 7.00. The molecule has 1 aromatic rings. The molecular formula is C21H22N2O5. The molecule has 2 heterocycles. The van der Waals surface area contributed by atoms with E-state index in [-0.39, 0.29) is 17.3 Å². The zero-order valence-corrected chi connectivity index (χ0v) is 15.9. The van der Waals surface area contributed by atoms with Gasteiger partial charge >= 0.3 is 5.97 Å². The Morgan fingerprint density at radius 2 is 1.89 bits per heavy atom. The molecule has 28 heavy (non-hydrogen) atoms. The van der Waals surface area contributed by atoms with E-state index >= 15 is 0 Å². The van der Waals surface area contributed by atoms with Crippen LogP contribution in [0.25, 0.3) is 0 Å². The summed E-state index contributed by atoms with van der Waals surface area (Å²) in [5.74, 6) is -0.838. The number of ketones is 1. The molecule has 1 aromatic carbocycles. The fraction of sp³-hybridized carbons (Fsp3) is 0.381. The van der Waals surface area contributed by atoms with E-state index in [9.17, 15) is 14.4 Å². The van der Waals surface area contributed by atoms with Crippen molar-refractivity contribution < 1.29 is 23.9 Å². The molecule has 0 aromatic heterocycles. The van der Waals surface area contributed by atoms with E-state index in [0.717, 1.165) is 17.7 Å². The second-order valence-corrected chi connectivity index (χ2v) is 7.00. The van der Waals surface area contributed by atoms with Gasteiger partial charge in [-0.25, -0.2) is 4.79 Å². The lowest BCUT2D eigenvalue weighted by Gasteiger charge is -2.43. The summed E-state index contributed by atoms with van der Waals surface area (Å²) >= 11 is 0. The highest BCUT2D eigenvalue weighted by atomic mass is 16.5. The van der Waals surface area contributed by atoms with Crippen LogP contribution in [-0.4, -0.2) is 49.9 Å². The Kier molecular flexibility index (Phi) is 4.66. The summed E-state index contributed by atoms with van der Waals surface area (Å²) in [4.78, 5) is 40.4. The van der Waals surface area contributed by atoms with Gasteiger partial charge in [0.15, 0.2) is 5.78 Å². The van der Waals surface area contributed by atoms with Crippen molar-refractivity contribution in [2.45, 2.75) is 25.2 Å². The van der Waals surface area contributed by atoms with Crippen LogP contribution >= 0.6 is 0 Å². The average Bonchev–Trinajstić information content (AvgIpc) is 2.73. The molecule has 1 atom stereocenters. The first-order chi connectivity index (χ1) is 13.6. The first-order valence-corrected chi connectivity index (χ1v) is 9.35. The molecule has 1 aliphatic carbocycles. The standard InChI is InChI=1S/C21H22N2O5/c1-27-13-8-6-12(7-9-13)16-17-14(4-3-5-15(17)24)23-11-10-22-20(25)19(23)18(16)21(26)28-2/h6-9,16H,3-5,10-11H2,1-2H3,(H,22,25). The number of amides is 1. The number of fused-ring (bicyclic) bond motifs is 2. The summed E-state index contributed by atoms with van der Waals surface area (Å²) in [6.45, 7) is 0.998. The van der Waals surface area contributed by atoms with E-state index in [1.54, 1.807) is 19.2 Å². The number of piperazine rings is 1. The molecule has 1 unspecified atom stereocenters. The van der Waals surface area contributed by atoms with Crippen LogP contribution in [0.4, 0.5) is 0 Å². The van der Waals surface area contributed by atoms with Gasteiger partial charge in [0.1, 0.15) is 11.4 Å². The molecule has 7 heteroatoms. The maximum atomic E-state index is 13.0. The van der Waals surface area contributed by atoms with E-state index in [2.05, 4.69) is 5.32 Å². The molecule has 1 fully saturated rings. The number of hydrogen-bond acceptors (Lipinski definition) is 6. The lowest BCUT2D eigenvalue weighted by atomic mass is 9.74. The van der Waals surface area contributed by atoms with Gasteiger partial charge in [0.25, 0.3) is 5.91 Å². The monoisotopic (exact) mass is 382 g/mol. The molecule has 1 saturated heterocycles. The van der Waals surface area contributed by atoms with E-state index < -0.39 is 11.9 Å². The summed E-state index contributed by atoms with van der Waals surface area (Å²) in [5, 5.41) is 2.81. The number of hydrogen-bond donors (Lipinski definition) is 1. The van der Waals surface area contributed by atoms with Gasteiger partial charge in [0.05, 0.1) is 19.8 Å². The minimum absolute atomic E-state index is 0.0218. The number of nitrogens with zero attached hydrogens (tertiary/aromatic N) is 1. The first kappa shape index (κ1) is 18.3. The third-order valence-corrected chi connectivity index (χ3v) is 5.55. The molecule has 7 nitrogen and oxygen atoms in total. The van der Waals surface area contributed by atoms with Crippen LogP contribution in [0.15, 0.2) is 46.8 Å². The quantitative estimate of drug-likeness (QED) is 0.801. The molecule has 0 radical (unpaired) electrons. The Labute approximate surface area is 163 Å². The van der Waals surface area contributed by atoms with Crippen molar-refractivity contribution in [2.75, 3.05) is 27.3 Å². The lowest BCUT2D eigenvalue weighted by Crippen LogP contribution is -2.50. The third kappa shape index (κ3) is 2.78. The van der Waals surface area contributed by atoms with Crippen LogP contribution in [0.2, 0.25) is 0 Å². The van der Waals surface area contributed by atoms with Gasteiger partial charge < -0.3 is 19.7 Å². The van der Waals surface area contributed by atoms with Gasteiger partial charge in [0, 0.05) is 36.7 Å². The number of nitrogens with one attached hydrogen (secondary N) is 1. The van der Waals surface area contributed by atoms with Gasteiger partial charge in [-0.3, -0.25) is 9.59 Å². The maximum Gasteiger partial charge on any atom is 0.337 e. The maximum absolute atomic E-state index is 13.0. The van der Waals surface area contributed by atoms with Crippen molar-refractivity contribution in [2.24, 2.45) is 0 Å². The highest BCUT2D eigenvalue weighted by Crippen LogP contribution is 2.46. The van der Waals surface area contributed by atoms with Crippen LogP contribution in [0.5, 0.6) is 5.75 Å². The molecule has 3 aliphatic rings. The first-order valence-electron chi connectivity index (χ1n) is 9.35. The Hall–Kier alpha value is -3.09. The fourth-order valence-corrected chi connectivity index (χ4v) is 4.33. The Bertz CT molecular complexity index is 913. The zero-order chi connectivity index (χ0) is 19.8. The van der Waals surface area contributed by atoms with E-state index in [4.69, 9.17) is 9.47 Å². The molecule has 1 N–H and O–H groups in total. The number of carbonyl (C=O) groups excluding carboxylic acids is 3. The topological polar surface area (TPSA) is 84.9 Å². The van der Waals surface area contributed by atoms with Crippen molar-refractivity contribution >= 4 is 17.7 Å². The fourth-order valence-electron chi connectivity index (χ4n) is 4.33. The lowest BCUT2D eigenvalue weighted by molar-refractivity contribution is -0.137. The highest BCUT2D eigenvalue weighted by Gasteiger charge is 2.45. The smallest absolute Gasteiger partial charge is 0.337 e. The highest BCUT2D eigenvalue weighted by molar-refractivity contribution is 6.09. The minimum atomic E-state index is -0.628. The number of allylic oxidation sites excluding steroid dienone is 2. The number of ether oxygens (including phenoxy) is 2. The van der Waals surface area contributed by atoms with Gasteiger partial charge in [-0.15, -0.1) is 0 Å². The summed E-state index contributed by atoms with van der Waals surface area (Å²) in [6, 6.07) is 7.23. The van der Waals surface area contributed by atoms with Crippen molar-refractivity contribution in [3.63, 3.8) is 0 Å². The number of Topliss-reactive ketones (excluding diaryl/α,β-unsaturated/α-hetero) is 1. The molecule has 146 valence electrons. The molecule has 4 rings (SSSR count). The van der Waals surface area contributed by atoms with Gasteiger partial charge in [-0.05, 0) is 30.5 Å². The number of rotatable bonds is 3. The Morgan fingerprint density at radius 3 is 2.57 bits per heavy atom. The molecule has 1 amide bonds. The van der Waals surface area contributed by atoms with Gasteiger partial charge in [0.2, 0.25) is 0 Å². The number of carbonyl (C=O) groups is 3. The van der Waals surface area contributed by atoms with Crippen molar-refractivity contribution in [1.82, 2.24) is 10.2 Å². The van der Waals surface area contributed by atoms with Crippen LogP contribution in [0, 0.1) is 0 Å². The molecule has 2 aliphatic heterocycles. The van der Waals surface area contributed by atoms with Crippen LogP contribution in [-0.2, 0) is 19.1 Å². The average molecular weight is 382 g/mol. The number of benzene rings is 1. The van der Waals surface area contributed by atoms with Crippen LogP contribution in [0.1, 0.15) is 30.7 Å². The second kappa shape index (κ2) is 7.14.